The number of carbonyl (C=O) groups is 1. The Kier molecular flexibility index (Phi) is 1.95. The van der Waals surface area contributed by atoms with E-state index < -0.39 is 6.04 Å². The van der Waals surface area contributed by atoms with Gasteiger partial charge in [0.1, 0.15) is 0 Å². The lowest BCUT2D eigenvalue weighted by molar-refractivity contribution is -0.120. The third-order valence-corrected chi connectivity index (χ3v) is 2.13. The van der Waals surface area contributed by atoms with E-state index in [1.54, 1.807) is 12.5 Å². The molecule has 6 nitrogen and oxygen atoms in total. The Balaban J connectivity index is 2.35. The van der Waals surface area contributed by atoms with Crippen molar-refractivity contribution in [3.05, 3.63) is 18.2 Å². The van der Waals surface area contributed by atoms with Gasteiger partial charge in [0.2, 0.25) is 0 Å². The molecule has 0 saturated carbocycles. The van der Waals surface area contributed by atoms with E-state index in [1.165, 1.54) is 0 Å². The highest BCUT2D eigenvalue weighted by molar-refractivity contribution is 6.04. The monoisotopic (exact) mass is 193 g/mol. The van der Waals surface area contributed by atoms with Crippen LogP contribution in [0, 0.1) is 0 Å². The number of aryl methyl sites for hydroxylation is 1. The maximum absolute atomic E-state index is 11.4. The molecule has 1 aliphatic rings. The zero-order chi connectivity index (χ0) is 10.1. The number of imidazole rings is 1. The number of hydrogen-bond acceptors (Lipinski definition) is 4. The quantitative estimate of drug-likeness (QED) is 0.657. The molecule has 1 aromatic heterocycles. The fourth-order valence-electron chi connectivity index (χ4n) is 1.45. The molecule has 1 aromatic rings. The molecule has 0 spiro atoms. The molecule has 0 fully saturated rings. The van der Waals surface area contributed by atoms with Crippen molar-refractivity contribution in [3.63, 3.8) is 0 Å². The van der Waals surface area contributed by atoms with Crippen LogP contribution in [0.2, 0.25) is 0 Å². The fraction of sp³-hybridized carbons (Fsp3) is 0.375. The van der Waals surface area contributed by atoms with Crippen molar-refractivity contribution >= 4 is 11.9 Å². The predicted octanol–water partition coefficient (Wildman–Crippen LogP) is -0.611. The zero-order valence-corrected chi connectivity index (χ0v) is 7.77. The van der Waals surface area contributed by atoms with Gasteiger partial charge in [0.05, 0.1) is 18.2 Å². The first-order valence-electron chi connectivity index (χ1n) is 4.36. The second kappa shape index (κ2) is 3.13. The minimum Gasteiger partial charge on any atom is -0.370 e. The molecular weight excluding hydrogens is 182 g/mol. The zero-order valence-electron chi connectivity index (χ0n) is 7.77. The average molecular weight is 193 g/mol. The van der Waals surface area contributed by atoms with Crippen LogP contribution in [0.25, 0.3) is 0 Å². The number of nitrogens with zero attached hydrogens (tertiary/aromatic N) is 3. The van der Waals surface area contributed by atoms with Crippen molar-refractivity contribution in [3.8, 4) is 0 Å². The van der Waals surface area contributed by atoms with Crippen molar-refractivity contribution in [2.45, 2.75) is 19.5 Å². The molecule has 0 saturated heterocycles. The molecular formula is C8H11N5O. The summed E-state index contributed by atoms with van der Waals surface area (Å²) in [6.07, 6.45) is 3.31. The number of aliphatic imine (C=N–C) groups is 1. The number of nitrogens with one attached hydrogen (secondary N) is 1. The molecule has 6 heteroatoms. The Morgan fingerprint density at radius 2 is 2.50 bits per heavy atom. The van der Waals surface area contributed by atoms with Gasteiger partial charge in [0.25, 0.3) is 5.91 Å². The van der Waals surface area contributed by atoms with Crippen LogP contribution in [-0.2, 0) is 11.3 Å². The molecule has 74 valence electrons. The summed E-state index contributed by atoms with van der Waals surface area (Å²) in [5.41, 5.74) is 6.17. The van der Waals surface area contributed by atoms with Crippen molar-refractivity contribution in [1.82, 2.24) is 14.9 Å². The van der Waals surface area contributed by atoms with Crippen molar-refractivity contribution in [2.75, 3.05) is 0 Å². The van der Waals surface area contributed by atoms with E-state index in [4.69, 9.17) is 5.73 Å². The van der Waals surface area contributed by atoms with Crippen molar-refractivity contribution in [2.24, 2.45) is 10.7 Å². The van der Waals surface area contributed by atoms with Crippen LogP contribution in [0.3, 0.4) is 0 Å². The van der Waals surface area contributed by atoms with Gasteiger partial charge in [-0.25, -0.2) is 9.98 Å². The van der Waals surface area contributed by atoms with E-state index in [1.807, 2.05) is 11.5 Å². The molecule has 3 N–H and O–H groups in total. The largest absolute Gasteiger partial charge is 0.370 e. The first kappa shape index (κ1) is 8.74. The SMILES string of the molecule is CCn1cncc1C1N=C(N)NC1=O. The maximum Gasteiger partial charge on any atom is 0.257 e. The lowest BCUT2D eigenvalue weighted by atomic mass is 10.2. The number of amides is 1. The Morgan fingerprint density at radius 3 is 3.07 bits per heavy atom. The summed E-state index contributed by atoms with van der Waals surface area (Å²) in [5.74, 6) is -0.0263. The summed E-state index contributed by atoms with van der Waals surface area (Å²) < 4.78 is 1.87. The van der Waals surface area contributed by atoms with E-state index in [0.717, 1.165) is 12.2 Å². The van der Waals surface area contributed by atoms with Gasteiger partial charge in [0.15, 0.2) is 12.0 Å². The summed E-state index contributed by atoms with van der Waals surface area (Å²) in [6, 6.07) is -0.544. The third kappa shape index (κ3) is 1.24. The average Bonchev–Trinajstić information content (AvgIpc) is 2.71. The van der Waals surface area contributed by atoms with Gasteiger partial charge < -0.3 is 10.3 Å². The molecule has 14 heavy (non-hydrogen) atoms. The molecule has 2 rings (SSSR count). The summed E-state index contributed by atoms with van der Waals surface area (Å²) in [6.45, 7) is 2.74. The normalized spacial score (nSPS) is 20.8. The molecule has 2 heterocycles. The minimum atomic E-state index is -0.544. The Labute approximate surface area is 80.8 Å². The van der Waals surface area contributed by atoms with Gasteiger partial charge in [-0.15, -0.1) is 0 Å². The van der Waals surface area contributed by atoms with Gasteiger partial charge in [-0.1, -0.05) is 0 Å². The van der Waals surface area contributed by atoms with E-state index in [-0.39, 0.29) is 11.9 Å². The van der Waals surface area contributed by atoms with E-state index in [0.29, 0.717) is 0 Å². The molecule has 0 bridgehead atoms. The van der Waals surface area contributed by atoms with Gasteiger partial charge >= 0.3 is 0 Å². The summed E-state index contributed by atoms with van der Waals surface area (Å²) in [7, 11) is 0. The van der Waals surface area contributed by atoms with Crippen molar-refractivity contribution < 1.29 is 4.79 Å². The Hall–Kier alpha value is -1.85. The maximum atomic E-state index is 11.4. The minimum absolute atomic E-state index is 0.170. The first-order valence-corrected chi connectivity index (χ1v) is 4.36. The summed E-state index contributed by atoms with van der Waals surface area (Å²) in [4.78, 5) is 19.4. The lowest BCUT2D eigenvalue weighted by Gasteiger charge is -2.06. The highest BCUT2D eigenvalue weighted by Gasteiger charge is 2.28. The van der Waals surface area contributed by atoms with Crippen molar-refractivity contribution in [1.29, 1.82) is 0 Å². The Morgan fingerprint density at radius 1 is 1.71 bits per heavy atom. The molecule has 0 aromatic carbocycles. The van der Waals surface area contributed by atoms with E-state index in [9.17, 15) is 4.79 Å². The van der Waals surface area contributed by atoms with Crippen LogP contribution < -0.4 is 11.1 Å². The van der Waals surface area contributed by atoms with Crippen LogP contribution >= 0.6 is 0 Å². The molecule has 1 aliphatic heterocycles. The van der Waals surface area contributed by atoms with Crippen LogP contribution in [0.15, 0.2) is 17.5 Å². The second-order valence-corrected chi connectivity index (χ2v) is 3.01. The highest BCUT2D eigenvalue weighted by atomic mass is 16.2. The van der Waals surface area contributed by atoms with Gasteiger partial charge in [0, 0.05) is 6.54 Å². The van der Waals surface area contributed by atoms with E-state index >= 15 is 0 Å². The fourth-order valence-corrected chi connectivity index (χ4v) is 1.45. The smallest absolute Gasteiger partial charge is 0.257 e. The number of rotatable bonds is 2. The molecule has 1 unspecified atom stereocenters. The van der Waals surface area contributed by atoms with Gasteiger partial charge in [-0.2, -0.15) is 0 Å². The number of carbonyl (C=O) groups excluding carboxylic acids is 1. The molecule has 1 atom stereocenters. The third-order valence-electron chi connectivity index (χ3n) is 2.13. The predicted molar refractivity (Wildman–Crippen MR) is 50.4 cm³/mol. The second-order valence-electron chi connectivity index (χ2n) is 3.01. The van der Waals surface area contributed by atoms with Crippen LogP contribution in [0.5, 0.6) is 0 Å². The van der Waals surface area contributed by atoms with Crippen LogP contribution in [-0.4, -0.2) is 21.4 Å². The summed E-state index contributed by atoms with van der Waals surface area (Å²) >= 11 is 0. The van der Waals surface area contributed by atoms with Gasteiger partial charge in [-0.3, -0.25) is 10.1 Å². The molecule has 0 aliphatic carbocycles. The van der Waals surface area contributed by atoms with Crippen LogP contribution in [0.1, 0.15) is 18.7 Å². The first-order chi connectivity index (χ1) is 6.72. The number of aromatic nitrogens is 2. The Bertz CT molecular complexity index is 394. The van der Waals surface area contributed by atoms with Crippen LogP contribution in [0.4, 0.5) is 0 Å². The van der Waals surface area contributed by atoms with E-state index in [2.05, 4.69) is 15.3 Å². The highest BCUT2D eigenvalue weighted by Crippen LogP contribution is 2.19. The number of nitrogens with two attached hydrogens (primary N) is 1. The molecule has 0 radical (unpaired) electrons. The van der Waals surface area contributed by atoms with Gasteiger partial charge in [-0.05, 0) is 6.92 Å². The number of hydrogen-bond donors (Lipinski definition) is 2. The standard InChI is InChI=1S/C8H11N5O/c1-2-13-4-10-3-5(13)6-7(14)12-8(9)11-6/h3-4,6H,2H2,1H3,(H3,9,11,12,14). The lowest BCUT2D eigenvalue weighted by Crippen LogP contribution is -2.31. The topological polar surface area (TPSA) is 85.3 Å². The molecule has 1 amide bonds. The number of guanidine groups is 1. The summed E-state index contributed by atoms with van der Waals surface area (Å²) in [5, 5.41) is 2.45.